The standard InChI is InChI=1S/C24H24N6O2/c1-4-17-12-15(23-27-18-11-14(2)5-8-20(18)32-23)9-10-30(17)22-21-19(29(3)24(31)28-22)7-6-16(13-25)26-21/h5-8,11,15,17H,4,9-10,12H2,1-3H3/t15-,17-/m0/s1. The number of aryl methyl sites for hydroxylation is 2. The SMILES string of the molecule is CC[C@H]1C[C@@H](c2nc3cc(C)ccc3o2)CCN1c1nc(=O)n(C)c2ccc(C#N)nc12. The van der Waals surface area contributed by atoms with Crippen molar-refractivity contribution in [3.63, 3.8) is 0 Å². The molecule has 5 rings (SSSR count). The van der Waals surface area contributed by atoms with Crippen LogP contribution in [-0.2, 0) is 7.05 Å². The molecule has 4 aromatic rings. The van der Waals surface area contributed by atoms with Gasteiger partial charge >= 0.3 is 5.69 Å². The smallest absolute Gasteiger partial charge is 0.349 e. The van der Waals surface area contributed by atoms with E-state index in [1.807, 2.05) is 25.1 Å². The number of hydrogen-bond acceptors (Lipinski definition) is 7. The summed E-state index contributed by atoms with van der Waals surface area (Å²) in [5, 5.41) is 9.33. The largest absolute Gasteiger partial charge is 0.440 e. The van der Waals surface area contributed by atoms with Crippen LogP contribution in [-0.4, -0.2) is 32.1 Å². The Hall–Kier alpha value is -3.73. The van der Waals surface area contributed by atoms with E-state index in [0.29, 0.717) is 29.1 Å². The van der Waals surface area contributed by atoms with Crippen molar-refractivity contribution in [2.45, 2.75) is 45.1 Å². The molecule has 0 spiro atoms. The number of nitriles is 1. The van der Waals surface area contributed by atoms with E-state index < -0.39 is 0 Å². The number of fused-ring (bicyclic) bond motifs is 2. The third-order valence-corrected chi connectivity index (χ3v) is 6.42. The summed E-state index contributed by atoms with van der Waals surface area (Å²) < 4.78 is 7.56. The monoisotopic (exact) mass is 428 g/mol. The first-order chi connectivity index (χ1) is 15.5. The lowest BCUT2D eigenvalue weighted by Gasteiger charge is -2.39. The molecule has 0 N–H and O–H groups in total. The molecule has 0 saturated carbocycles. The van der Waals surface area contributed by atoms with E-state index in [1.165, 1.54) is 4.57 Å². The van der Waals surface area contributed by atoms with Gasteiger partial charge in [-0.1, -0.05) is 13.0 Å². The van der Waals surface area contributed by atoms with Crippen molar-refractivity contribution >= 4 is 28.0 Å². The van der Waals surface area contributed by atoms with E-state index in [4.69, 9.17) is 9.40 Å². The Morgan fingerprint density at radius 3 is 2.84 bits per heavy atom. The van der Waals surface area contributed by atoms with Crippen LogP contribution in [0.25, 0.3) is 22.1 Å². The average molecular weight is 428 g/mol. The zero-order chi connectivity index (χ0) is 22.4. The van der Waals surface area contributed by atoms with Crippen LogP contribution in [0.5, 0.6) is 0 Å². The van der Waals surface area contributed by atoms with E-state index in [1.54, 1.807) is 19.2 Å². The fourth-order valence-electron chi connectivity index (χ4n) is 4.64. The first kappa shape index (κ1) is 20.2. The number of aromatic nitrogens is 4. The van der Waals surface area contributed by atoms with Gasteiger partial charge in [-0.2, -0.15) is 10.2 Å². The third kappa shape index (κ3) is 3.30. The molecule has 1 aromatic carbocycles. The number of nitrogens with zero attached hydrogens (tertiary/aromatic N) is 6. The molecule has 4 heterocycles. The highest BCUT2D eigenvalue weighted by molar-refractivity contribution is 5.86. The summed E-state index contributed by atoms with van der Waals surface area (Å²) in [5.41, 5.74) is 4.10. The quantitative estimate of drug-likeness (QED) is 0.489. The Morgan fingerprint density at radius 1 is 1.22 bits per heavy atom. The minimum absolute atomic E-state index is 0.154. The van der Waals surface area contributed by atoms with Crippen LogP contribution >= 0.6 is 0 Å². The minimum Gasteiger partial charge on any atom is -0.440 e. The Morgan fingerprint density at radius 2 is 2.06 bits per heavy atom. The molecule has 1 aliphatic heterocycles. The third-order valence-electron chi connectivity index (χ3n) is 6.42. The molecular weight excluding hydrogens is 404 g/mol. The van der Waals surface area contributed by atoms with Gasteiger partial charge in [-0.25, -0.2) is 14.8 Å². The second-order valence-corrected chi connectivity index (χ2v) is 8.45. The molecule has 0 radical (unpaired) electrons. The van der Waals surface area contributed by atoms with Gasteiger partial charge in [0.15, 0.2) is 17.3 Å². The highest BCUT2D eigenvalue weighted by atomic mass is 16.3. The zero-order valence-electron chi connectivity index (χ0n) is 18.4. The van der Waals surface area contributed by atoms with Crippen molar-refractivity contribution in [3.05, 3.63) is 58.0 Å². The summed E-state index contributed by atoms with van der Waals surface area (Å²) in [6.07, 6.45) is 2.56. The molecule has 32 heavy (non-hydrogen) atoms. The van der Waals surface area contributed by atoms with Gasteiger partial charge < -0.3 is 9.32 Å². The Bertz CT molecular complexity index is 1430. The first-order valence-corrected chi connectivity index (χ1v) is 10.9. The van der Waals surface area contributed by atoms with Crippen LogP contribution in [0.1, 0.15) is 49.3 Å². The van der Waals surface area contributed by atoms with Crippen molar-refractivity contribution in [1.82, 2.24) is 19.5 Å². The number of anilines is 1. The highest BCUT2D eigenvalue weighted by Gasteiger charge is 2.33. The molecule has 1 fully saturated rings. The second kappa shape index (κ2) is 7.75. The highest BCUT2D eigenvalue weighted by Crippen LogP contribution is 2.37. The maximum absolute atomic E-state index is 12.6. The molecule has 1 saturated heterocycles. The summed E-state index contributed by atoms with van der Waals surface area (Å²) in [5.74, 6) is 1.53. The van der Waals surface area contributed by atoms with Crippen molar-refractivity contribution < 1.29 is 4.42 Å². The minimum atomic E-state index is -0.328. The number of oxazole rings is 1. The fourth-order valence-corrected chi connectivity index (χ4v) is 4.64. The van der Waals surface area contributed by atoms with Crippen LogP contribution in [0, 0.1) is 18.3 Å². The van der Waals surface area contributed by atoms with Crippen molar-refractivity contribution in [2.75, 3.05) is 11.4 Å². The summed E-state index contributed by atoms with van der Waals surface area (Å²) >= 11 is 0. The maximum atomic E-state index is 12.6. The molecule has 2 atom stereocenters. The van der Waals surface area contributed by atoms with Crippen LogP contribution < -0.4 is 10.6 Å². The summed E-state index contributed by atoms with van der Waals surface area (Å²) in [4.78, 5) is 28.4. The van der Waals surface area contributed by atoms with Gasteiger partial charge in [-0.15, -0.1) is 0 Å². The van der Waals surface area contributed by atoms with Crippen LogP contribution in [0.2, 0.25) is 0 Å². The number of hydrogen-bond donors (Lipinski definition) is 0. The number of rotatable bonds is 3. The number of piperidine rings is 1. The normalized spacial score (nSPS) is 18.9. The van der Waals surface area contributed by atoms with Gasteiger partial charge in [0.1, 0.15) is 22.8 Å². The van der Waals surface area contributed by atoms with Gasteiger partial charge in [-0.3, -0.25) is 4.57 Å². The molecular formula is C24H24N6O2. The van der Waals surface area contributed by atoms with E-state index in [9.17, 15) is 10.1 Å². The molecule has 0 amide bonds. The van der Waals surface area contributed by atoms with Crippen LogP contribution in [0.15, 0.2) is 39.5 Å². The summed E-state index contributed by atoms with van der Waals surface area (Å²) in [7, 11) is 1.67. The Labute approximate surface area is 185 Å². The van der Waals surface area contributed by atoms with Gasteiger partial charge in [0.25, 0.3) is 0 Å². The Balaban J connectivity index is 1.52. The predicted molar refractivity (Wildman–Crippen MR) is 122 cm³/mol. The Kier molecular flexibility index (Phi) is 4.89. The van der Waals surface area contributed by atoms with Crippen LogP contribution in [0.3, 0.4) is 0 Å². The van der Waals surface area contributed by atoms with E-state index in [2.05, 4.69) is 27.9 Å². The number of pyridine rings is 1. The van der Waals surface area contributed by atoms with Crippen molar-refractivity contribution in [1.29, 1.82) is 5.26 Å². The van der Waals surface area contributed by atoms with E-state index in [0.717, 1.165) is 41.8 Å². The molecule has 0 unspecified atom stereocenters. The lowest BCUT2D eigenvalue weighted by molar-refractivity contribution is 0.351. The molecule has 8 heteroatoms. The second-order valence-electron chi connectivity index (χ2n) is 8.45. The molecule has 162 valence electrons. The van der Waals surface area contributed by atoms with Gasteiger partial charge in [0, 0.05) is 25.6 Å². The maximum Gasteiger partial charge on any atom is 0.349 e. The van der Waals surface area contributed by atoms with Gasteiger partial charge in [0.2, 0.25) is 0 Å². The molecule has 0 bridgehead atoms. The summed E-state index contributed by atoms with van der Waals surface area (Å²) in [6, 6.07) is 11.7. The summed E-state index contributed by atoms with van der Waals surface area (Å²) in [6.45, 7) is 4.88. The average Bonchev–Trinajstić information content (AvgIpc) is 3.24. The van der Waals surface area contributed by atoms with E-state index in [-0.39, 0.29) is 17.6 Å². The van der Waals surface area contributed by atoms with E-state index >= 15 is 0 Å². The topological polar surface area (TPSA) is 101 Å². The molecule has 1 aliphatic rings. The number of benzene rings is 1. The van der Waals surface area contributed by atoms with Crippen molar-refractivity contribution in [2.24, 2.45) is 7.05 Å². The fraction of sp³-hybridized carbons (Fsp3) is 0.375. The lowest BCUT2D eigenvalue weighted by Crippen LogP contribution is -2.43. The predicted octanol–water partition coefficient (Wildman–Crippen LogP) is 3.81. The lowest BCUT2D eigenvalue weighted by atomic mass is 9.89. The van der Waals surface area contributed by atoms with Gasteiger partial charge in [-0.05, 0) is 56.0 Å². The first-order valence-electron chi connectivity index (χ1n) is 10.9. The molecule has 0 aliphatic carbocycles. The zero-order valence-corrected chi connectivity index (χ0v) is 18.4. The molecule has 8 nitrogen and oxygen atoms in total. The molecule has 3 aromatic heterocycles. The van der Waals surface area contributed by atoms with Crippen molar-refractivity contribution in [3.8, 4) is 6.07 Å². The van der Waals surface area contributed by atoms with Crippen LogP contribution in [0.4, 0.5) is 5.82 Å². The van der Waals surface area contributed by atoms with Gasteiger partial charge in [0.05, 0.1) is 5.52 Å².